The highest BCUT2D eigenvalue weighted by Gasteiger charge is 2.17. The lowest BCUT2D eigenvalue weighted by molar-refractivity contribution is 1.04. The van der Waals surface area contributed by atoms with E-state index >= 15 is 0 Å². The molecule has 0 unspecified atom stereocenters. The topological polar surface area (TPSA) is 51.6 Å². The maximum Gasteiger partial charge on any atom is 0.164 e. The highest BCUT2D eigenvalue weighted by Crippen LogP contribution is 2.43. The number of pyridine rings is 1. The van der Waals surface area contributed by atoms with Gasteiger partial charge < -0.3 is 0 Å². The average Bonchev–Trinajstić information content (AvgIpc) is 3.10. The van der Waals surface area contributed by atoms with Crippen LogP contribution in [0.3, 0.4) is 0 Å². The molecule has 0 N–H and O–H groups in total. The average molecular weight is 565 g/mol. The number of hydrogen-bond acceptors (Lipinski definition) is 4. The Balaban J connectivity index is 1.40. The van der Waals surface area contributed by atoms with E-state index in [-0.39, 0.29) is 0 Å². The minimum atomic E-state index is 0.552. The second kappa shape index (κ2) is 11.7. The van der Waals surface area contributed by atoms with Crippen molar-refractivity contribution in [1.82, 2.24) is 19.9 Å². The maximum atomic E-state index is 4.88. The molecule has 0 bridgehead atoms. The van der Waals surface area contributed by atoms with Crippen molar-refractivity contribution in [3.63, 3.8) is 0 Å². The molecule has 0 atom stereocenters. The Morgan fingerprint density at radius 3 is 1.52 bits per heavy atom. The number of benzene rings is 5. The molecule has 0 aliphatic carbocycles. The summed E-state index contributed by atoms with van der Waals surface area (Å²) in [7, 11) is 0. The summed E-state index contributed by atoms with van der Waals surface area (Å²) < 4.78 is 0. The van der Waals surface area contributed by atoms with Crippen LogP contribution in [0.1, 0.15) is 5.82 Å². The lowest BCUT2D eigenvalue weighted by Crippen LogP contribution is -2.02. The summed E-state index contributed by atoms with van der Waals surface area (Å²) in [4.78, 5) is 18.9. The Morgan fingerprint density at radius 2 is 1.00 bits per heavy atom. The first-order valence-electron chi connectivity index (χ1n) is 14.5. The van der Waals surface area contributed by atoms with Crippen LogP contribution in [0, 0.1) is 0 Å². The van der Waals surface area contributed by atoms with Gasteiger partial charge >= 0.3 is 0 Å². The third-order valence-electron chi connectivity index (χ3n) is 7.76. The standard InChI is InChI=1S/C40H28N4/c1-3-13-27(4-2)38-42-39(29-14-6-5-7-15-29)44-40(43-38)30-23-21-28(22-24-30)36-32-17-8-10-19-34(32)37(31-16-12-25-41-26-31)35-20-11-9-18-33(35)36/h3-26H,1-2H2/b27-13+. The van der Waals surface area contributed by atoms with E-state index in [1.807, 2.05) is 54.9 Å². The molecule has 0 aliphatic rings. The fourth-order valence-electron chi connectivity index (χ4n) is 5.76. The zero-order chi connectivity index (χ0) is 29.9. The minimum Gasteiger partial charge on any atom is -0.264 e. The van der Waals surface area contributed by atoms with E-state index in [0.717, 1.165) is 27.8 Å². The molecule has 0 aliphatic heterocycles. The molecule has 0 saturated heterocycles. The molecular weight excluding hydrogens is 536 g/mol. The van der Waals surface area contributed by atoms with Gasteiger partial charge in [0.25, 0.3) is 0 Å². The molecular formula is C40H28N4. The Morgan fingerprint density at radius 1 is 0.500 bits per heavy atom. The van der Waals surface area contributed by atoms with Crippen LogP contribution in [-0.4, -0.2) is 19.9 Å². The molecule has 208 valence electrons. The van der Waals surface area contributed by atoms with Crippen LogP contribution in [0.25, 0.3) is 72.1 Å². The van der Waals surface area contributed by atoms with Gasteiger partial charge in [-0.25, -0.2) is 15.0 Å². The van der Waals surface area contributed by atoms with Gasteiger partial charge in [-0.15, -0.1) is 0 Å². The molecule has 0 fully saturated rings. The van der Waals surface area contributed by atoms with E-state index in [1.165, 1.54) is 32.7 Å². The Hall–Kier alpha value is -6.00. The Labute approximate surface area is 256 Å². The summed E-state index contributed by atoms with van der Waals surface area (Å²) >= 11 is 0. The molecule has 0 saturated carbocycles. The Kier molecular flexibility index (Phi) is 7.15. The van der Waals surface area contributed by atoms with Gasteiger partial charge in [0.15, 0.2) is 17.5 Å². The first-order chi connectivity index (χ1) is 21.7. The normalized spacial score (nSPS) is 11.5. The molecule has 7 aromatic rings. The third kappa shape index (κ3) is 4.89. The fourth-order valence-corrected chi connectivity index (χ4v) is 5.76. The van der Waals surface area contributed by atoms with Gasteiger partial charge in [-0.2, -0.15) is 0 Å². The zero-order valence-corrected chi connectivity index (χ0v) is 24.1. The number of nitrogens with zero attached hydrogens (tertiary/aromatic N) is 4. The first kappa shape index (κ1) is 26.9. The van der Waals surface area contributed by atoms with Gasteiger partial charge in [0.05, 0.1) is 0 Å². The molecule has 2 heterocycles. The zero-order valence-electron chi connectivity index (χ0n) is 24.1. The molecule has 7 rings (SSSR count). The lowest BCUT2D eigenvalue weighted by Gasteiger charge is -2.17. The summed E-state index contributed by atoms with van der Waals surface area (Å²) in [5.74, 6) is 1.75. The molecule has 4 heteroatoms. The van der Waals surface area contributed by atoms with Crippen molar-refractivity contribution < 1.29 is 0 Å². The van der Waals surface area contributed by atoms with Gasteiger partial charge in [-0.05, 0) is 44.3 Å². The van der Waals surface area contributed by atoms with Crippen molar-refractivity contribution in [1.29, 1.82) is 0 Å². The van der Waals surface area contributed by atoms with Gasteiger partial charge in [0, 0.05) is 34.7 Å². The van der Waals surface area contributed by atoms with Crippen molar-refractivity contribution in [3.8, 4) is 45.0 Å². The Bertz CT molecular complexity index is 2130. The summed E-state index contributed by atoms with van der Waals surface area (Å²) in [6, 6.07) is 39.8. The summed E-state index contributed by atoms with van der Waals surface area (Å²) in [6.45, 7) is 7.80. The SMILES string of the molecule is C=C/C=C(\C=C)c1nc(-c2ccccc2)nc(-c2ccc(-c3c4ccccc4c(-c4cccnc4)c4ccccc34)cc2)n1. The molecule has 0 amide bonds. The predicted octanol–water partition coefficient (Wildman–Crippen LogP) is 10.00. The van der Waals surface area contributed by atoms with Crippen LogP contribution in [0.15, 0.2) is 159 Å². The second-order valence-corrected chi connectivity index (χ2v) is 10.4. The lowest BCUT2D eigenvalue weighted by atomic mass is 9.86. The van der Waals surface area contributed by atoms with E-state index in [4.69, 9.17) is 15.0 Å². The largest absolute Gasteiger partial charge is 0.264 e. The quantitative estimate of drug-likeness (QED) is 0.143. The third-order valence-corrected chi connectivity index (χ3v) is 7.76. The number of allylic oxidation sites excluding steroid dienone is 4. The smallest absolute Gasteiger partial charge is 0.164 e. The monoisotopic (exact) mass is 564 g/mol. The number of fused-ring (bicyclic) bond motifs is 2. The summed E-state index contributed by atoms with van der Waals surface area (Å²) in [5.41, 5.74) is 7.21. The highest BCUT2D eigenvalue weighted by atomic mass is 15.0. The molecule has 44 heavy (non-hydrogen) atoms. The van der Waals surface area contributed by atoms with Gasteiger partial charge in [0.1, 0.15) is 0 Å². The molecule has 0 spiro atoms. The number of aromatic nitrogens is 4. The fraction of sp³-hybridized carbons (Fsp3) is 0. The van der Waals surface area contributed by atoms with Crippen LogP contribution < -0.4 is 0 Å². The van der Waals surface area contributed by atoms with Crippen LogP contribution >= 0.6 is 0 Å². The predicted molar refractivity (Wildman–Crippen MR) is 183 cm³/mol. The second-order valence-electron chi connectivity index (χ2n) is 10.4. The van der Waals surface area contributed by atoms with Crippen LogP contribution in [0.5, 0.6) is 0 Å². The number of rotatable bonds is 7. The van der Waals surface area contributed by atoms with Crippen LogP contribution in [0.2, 0.25) is 0 Å². The maximum absolute atomic E-state index is 4.88. The van der Waals surface area contributed by atoms with Crippen molar-refractivity contribution in [3.05, 3.63) is 165 Å². The molecule has 5 aromatic carbocycles. The van der Waals surface area contributed by atoms with Crippen molar-refractivity contribution in [2.24, 2.45) is 0 Å². The van der Waals surface area contributed by atoms with Crippen molar-refractivity contribution in [2.75, 3.05) is 0 Å². The highest BCUT2D eigenvalue weighted by molar-refractivity contribution is 6.21. The molecule has 0 radical (unpaired) electrons. The molecule has 2 aromatic heterocycles. The van der Waals surface area contributed by atoms with E-state index < -0.39 is 0 Å². The van der Waals surface area contributed by atoms with Gasteiger partial charge in [-0.1, -0.05) is 141 Å². The number of hydrogen-bond donors (Lipinski definition) is 0. The van der Waals surface area contributed by atoms with Crippen LogP contribution in [0.4, 0.5) is 0 Å². The summed E-state index contributed by atoms with van der Waals surface area (Å²) in [6.07, 6.45) is 9.07. The van der Waals surface area contributed by atoms with Gasteiger partial charge in [0.2, 0.25) is 0 Å². The summed E-state index contributed by atoms with van der Waals surface area (Å²) in [5, 5.41) is 4.77. The van der Waals surface area contributed by atoms with E-state index in [2.05, 4.69) is 97.0 Å². The van der Waals surface area contributed by atoms with E-state index in [0.29, 0.717) is 17.5 Å². The van der Waals surface area contributed by atoms with E-state index in [9.17, 15) is 0 Å². The molecule has 4 nitrogen and oxygen atoms in total. The van der Waals surface area contributed by atoms with E-state index in [1.54, 1.807) is 12.2 Å². The van der Waals surface area contributed by atoms with Gasteiger partial charge in [-0.3, -0.25) is 4.98 Å². The van der Waals surface area contributed by atoms with Crippen molar-refractivity contribution >= 4 is 27.1 Å². The first-order valence-corrected chi connectivity index (χ1v) is 14.5. The van der Waals surface area contributed by atoms with Crippen LogP contribution in [-0.2, 0) is 0 Å². The minimum absolute atomic E-state index is 0.552. The van der Waals surface area contributed by atoms with Crippen molar-refractivity contribution in [2.45, 2.75) is 0 Å².